The average molecular weight is 564 g/mol. The van der Waals surface area contributed by atoms with Gasteiger partial charge in [-0.2, -0.15) is 4.37 Å². The van der Waals surface area contributed by atoms with E-state index in [1.165, 1.54) is 44.6 Å². The number of halogens is 1. The van der Waals surface area contributed by atoms with Crippen LogP contribution in [0.25, 0.3) is 0 Å². The summed E-state index contributed by atoms with van der Waals surface area (Å²) >= 11 is 0.665. The van der Waals surface area contributed by atoms with Crippen LogP contribution in [0, 0.1) is 5.82 Å². The largest absolute Gasteiger partial charge is 0.497 e. The monoisotopic (exact) mass is 563 g/mol. The molecule has 10 nitrogen and oxygen atoms in total. The highest BCUT2D eigenvalue weighted by Gasteiger charge is 2.37. The highest BCUT2D eigenvalue weighted by Crippen LogP contribution is 2.40. The summed E-state index contributed by atoms with van der Waals surface area (Å²) in [4.78, 5) is 41.0. The number of hydrogen-bond acceptors (Lipinski definition) is 8. The van der Waals surface area contributed by atoms with E-state index in [1.54, 1.807) is 12.1 Å². The molecule has 5 N–H and O–H groups in total. The number of nitrogens with two attached hydrogens (primary N) is 2. The second-order valence-corrected chi connectivity index (χ2v) is 9.28. The maximum absolute atomic E-state index is 14.2. The topological polar surface area (TPSA) is 150 Å². The Bertz CT molecular complexity index is 1530. The van der Waals surface area contributed by atoms with E-state index < -0.39 is 29.6 Å². The predicted molar refractivity (Wildman–Crippen MR) is 149 cm³/mol. The molecule has 0 aliphatic carbocycles. The summed E-state index contributed by atoms with van der Waals surface area (Å²) in [6.45, 7) is 0.156. The lowest BCUT2D eigenvalue weighted by atomic mass is 10.0. The van der Waals surface area contributed by atoms with Crippen molar-refractivity contribution in [2.75, 3.05) is 24.9 Å². The smallest absolute Gasteiger partial charge is 0.273 e. The molecule has 3 aromatic carbocycles. The molecule has 3 amide bonds. The van der Waals surface area contributed by atoms with Crippen molar-refractivity contribution in [2.45, 2.75) is 12.6 Å². The Labute approximate surface area is 233 Å². The minimum Gasteiger partial charge on any atom is -0.497 e. The standard InChI is InChI=1S/C28H26FN5O5S/c1-38-19-12-13-21(39-2)20(14-19)34(28(37)25-22(30)23(26(31)35)33-40-25)24(17-8-10-18(29)11-9-17)27(36)32-15-16-6-4-3-5-7-16/h3-14,24H,15,30H2,1-2H3,(H2,31,35)(H,32,36). The highest BCUT2D eigenvalue weighted by molar-refractivity contribution is 7.09. The summed E-state index contributed by atoms with van der Waals surface area (Å²) in [5.74, 6) is -2.18. The molecule has 1 unspecified atom stereocenters. The minimum atomic E-state index is -1.34. The maximum Gasteiger partial charge on any atom is 0.273 e. The number of carbonyl (C=O) groups is 3. The lowest BCUT2D eigenvalue weighted by molar-refractivity contribution is -0.122. The van der Waals surface area contributed by atoms with Gasteiger partial charge in [0.25, 0.3) is 11.8 Å². The zero-order valence-corrected chi connectivity index (χ0v) is 22.4. The number of rotatable bonds is 10. The van der Waals surface area contributed by atoms with Gasteiger partial charge >= 0.3 is 0 Å². The maximum atomic E-state index is 14.2. The van der Waals surface area contributed by atoms with Crippen molar-refractivity contribution in [3.05, 3.63) is 100 Å². The molecule has 1 heterocycles. The number of nitrogen functional groups attached to an aromatic ring is 1. The number of ether oxygens (including phenoxy) is 2. The average Bonchev–Trinajstić information content (AvgIpc) is 3.36. The van der Waals surface area contributed by atoms with E-state index in [0.717, 1.165) is 10.5 Å². The number of benzene rings is 3. The summed E-state index contributed by atoms with van der Waals surface area (Å²) in [6.07, 6.45) is 0. The first-order valence-electron chi connectivity index (χ1n) is 11.9. The molecular weight excluding hydrogens is 537 g/mol. The van der Waals surface area contributed by atoms with E-state index in [-0.39, 0.29) is 34.2 Å². The van der Waals surface area contributed by atoms with Gasteiger partial charge in [-0.3, -0.25) is 19.3 Å². The van der Waals surface area contributed by atoms with Crippen molar-refractivity contribution in [1.29, 1.82) is 0 Å². The van der Waals surface area contributed by atoms with Crippen LogP contribution in [0.4, 0.5) is 15.8 Å². The van der Waals surface area contributed by atoms with E-state index in [9.17, 15) is 18.8 Å². The number of primary amides is 1. The van der Waals surface area contributed by atoms with E-state index in [4.69, 9.17) is 20.9 Å². The summed E-state index contributed by atoms with van der Waals surface area (Å²) < 4.78 is 28.8. The van der Waals surface area contributed by atoms with Crippen LogP contribution >= 0.6 is 11.5 Å². The summed E-state index contributed by atoms with van der Waals surface area (Å²) in [5.41, 5.74) is 12.3. The van der Waals surface area contributed by atoms with E-state index in [2.05, 4.69) is 9.69 Å². The first kappa shape index (κ1) is 28.0. The molecule has 0 saturated heterocycles. The van der Waals surface area contributed by atoms with Gasteiger partial charge in [0.05, 0.1) is 25.6 Å². The highest BCUT2D eigenvalue weighted by atomic mass is 32.1. The summed E-state index contributed by atoms with van der Waals surface area (Å²) in [5, 5.41) is 2.86. The van der Waals surface area contributed by atoms with Crippen LogP contribution < -0.4 is 31.2 Å². The van der Waals surface area contributed by atoms with Gasteiger partial charge in [-0.15, -0.1) is 0 Å². The number of nitrogens with zero attached hydrogens (tertiary/aromatic N) is 2. The van der Waals surface area contributed by atoms with Crippen molar-refractivity contribution >= 4 is 40.6 Å². The van der Waals surface area contributed by atoms with Gasteiger partial charge < -0.3 is 26.3 Å². The van der Waals surface area contributed by atoms with Crippen LogP contribution in [0.3, 0.4) is 0 Å². The number of hydrogen-bond donors (Lipinski definition) is 3. The molecule has 1 aromatic heterocycles. The third kappa shape index (κ3) is 5.86. The van der Waals surface area contributed by atoms with Crippen LogP contribution in [0.5, 0.6) is 11.5 Å². The fraction of sp³-hybridized carbons (Fsp3) is 0.143. The third-order valence-electron chi connectivity index (χ3n) is 6.02. The normalized spacial score (nSPS) is 11.4. The van der Waals surface area contributed by atoms with E-state index >= 15 is 0 Å². The van der Waals surface area contributed by atoms with Gasteiger partial charge in [-0.05, 0) is 46.9 Å². The fourth-order valence-electron chi connectivity index (χ4n) is 4.03. The summed E-state index contributed by atoms with van der Waals surface area (Å²) in [7, 11) is 2.85. The van der Waals surface area contributed by atoms with Gasteiger partial charge in [0.2, 0.25) is 5.91 Å². The first-order chi connectivity index (χ1) is 19.2. The molecule has 0 aliphatic rings. The van der Waals surface area contributed by atoms with Crippen molar-refractivity contribution in [3.63, 3.8) is 0 Å². The van der Waals surface area contributed by atoms with E-state index in [1.807, 2.05) is 30.3 Å². The number of amides is 3. The molecule has 0 aliphatic heterocycles. The Balaban J connectivity index is 1.91. The molecule has 0 bridgehead atoms. The van der Waals surface area contributed by atoms with Crippen LogP contribution in [-0.4, -0.2) is 36.3 Å². The quantitative estimate of drug-likeness (QED) is 0.266. The number of aromatic nitrogens is 1. The van der Waals surface area contributed by atoms with Gasteiger partial charge in [0.15, 0.2) is 5.69 Å². The molecule has 0 saturated carbocycles. The molecule has 1 atom stereocenters. The number of nitrogens with one attached hydrogen (secondary N) is 1. The molecular formula is C28H26FN5O5S. The minimum absolute atomic E-state index is 0.123. The van der Waals surface area contributed by atoms with Crippen molar-refractivity contribution < 1.29 is 28.2 Å². The lowest BCUT2D eigenvalue weighted by Crippen LogP contribution is -2.44. The lowest BCUT2D eigenvalue weighted by Gasteiger charge is -2.32. The SMILES string of the molecule is COc1ccc(OC)c(N(C(=O)c2snc(C(N)=O)c2N)C(C(=O)NCc2ccccc2)c2ccc(F)cc2)c1. The zero-order valence-electron chi connectivity index (χ0n) is 21.6. The van der Waals surface area contributed by atoms with Crippen molar-refractivity contribution in [3.8, 4) is 11.5 Å². The van der Waals surface area contributed by atoms with E-state index in [0.29, 0.717) is 22.8 Å². The van der Waals surface area contributed by atoms with Gasteiger partial charge in [0, 0.05) is 12.6 Å². The number of methoxy groups -OCH3 is 2. The molecule has 0 fully saturated rings. The number of anilines is 2. The van der Waals surface area contributed by atoms with Crippen LogP contribution in [-0.2, 0) is 11.3 Å². The molecule has 40 heavy (non-hydrogen) atoms. The second kappa shape index (κ2) is 12.3. The van der Waals surface area contributed by atoms with Gasteiger partial charge in [-0.25, -0.2) is 4.39 Å². The predicted octanol–water partition coefficient (Wildman–Crippen LogP) is 3.69. The molecule has 4 aromatic rings. The van der Waals surface area contributed by atoms with Crippen LogP contribution in [0.15, 0.2) is 72.8 Å². The Hall–Kier alpha value is -4.97. The van der Waals surface area contributed by atoms with Crippen LogP contribution in [0.2, 0.25) is 0 Å². The number of carbonyl (C=O) groups excluding carboxylic acids is 3. The fourth-order valence-corrected chi connectivity index (χ4v) is 4.78. The Kier molecular flexibility index (Phi) is 8.60. The Morgan fingerprint density at radius 2 is 1.73 bits per heavy atom. The zero-order chi connectivity index (χ0) is 28.8. The Morgan fingerprint density at radius 1 is 1.02 bits per heavy atom. The molecule has 12 heteroatoms. The second-order valence-electron chi connectivity index (χ2n) is 8.51. The summed E-state index contributed by atoms with van der Waals surface area (Å²) in [6, 6.07) is 17.7. The van der Waals surface area contributed by atoms with Crippen molar-refractivity contribution in [2.24, 2.45) is 5.73 Å². The molecule has 0 radical (unpaired) electrons. The Morgan fingerprint density at radius 3 is 2.33 bits per heavy atom. The van der Waals surface area contributed by atoms with Gasteiger partial charge in [-0.1, -0.05) is 42.5 Å². The van der Waals surface area contributed by atoms with Crippen LogP contribution in [0.1, 0.15) is 37.3 Å². The van der Waals surface area contributed by atoms with Gasteiger partial charge in [0.1, 0.15) is 28.2 Å². The molecule has 4 rings (SSSR count). The first-order valence-corrected chi connectivity index (χ1v) is 12.7. The molecule has 206 valence electrons. The van der Waals surface area contributed by atoms with Crippen molar-refractivity contribution in [1.82, 2.24) is 9.69 Å². The molecule has 0 spiro atoms. The third-order valence-corrected chi connectivity index (χ3v) is 6.87.